The van der Waals surface area contributed by atoms with E-state index in [0.29, 0.717) is 41.7 Å². The molecular formula is C35H38N2O8. The van der Waals surface area contributed by atoms with Gasteiger partial charge in [-0.2, -0.15) is 0 Å². The van der Waals surface area contributed by atoms with E-state index < -0.39 is 64.6 Å². The van der Waals surface area contributed by atoms with Crippen LogP contribution in [0.25, 0.3) is 0 Å². The fourth-order valence-corrected chi connectivity index (χ4v) is 8.24. The maximum absolute atomic E-state index is 14.6. The fourth-order valence-electron chi connectivity index (χ4n) is 8.24. The van der Waals surface area contributed by atoms with Crippen molar-refractivity contribution in [3.8, 4) is 11.5 Å². The summed E-state index contributed by atoms with van der Waals surface area (Å²) in [5.74, 6) is -6.78. The van der Waals surface area contributed by atoms with Gasteiger partial charge in [-0.3, -0.25) is 19.2 Å². The van der Waals surface area contributed by atoms with Crippen LogP contribution in [0.3, 0.4) is 0 Å². The molecule has 0 N–H and O–H groups in total. The zero-order chi connectivity index (χ0) is 32.2. The van der Waals surface area contributed by atoms with Gasteiger partial charge in [0.2, 0.25) is 23.6 Å². The molecule has 4 amide bonds. The number of hydrogen-bond acceptors (Lipinski definition) is 8. The topological polar surface area (TPSA) is 120 Å². The van der Waals surface area contributed by atoms with Gasteiger partial charge in [0.05, 0.1) is 54.9 Å². The number of nitrogens with zero attached hydrogens (tertiary/aromatic N) is 2. The normalized spacial score (nSPS) is 28.5. The number of allylic oxidation sites excluding steroid dienone is 1. The Morgan fingerprint density at radius 1 is 0.711 bits per heavy atom. The summed E-state index contributed by atoms with van der Waals surface area (Å²) < 4.78 is 17.3. The van der Waals surface area contributed by atoms with Crippen molar-refractivity contribution < 1.29 is 38.2 Å². The van der Waals surface area contributed by atoms with Gasteiger partial charge in [-0.25, -0.2) is 14.6 Å². The van der Waals surface area contributed by atoms with Gasteiger partial charge in [0, 0.05) is 16.9 Å². The number of anilines is 2. The number of rotatable bonds is 10. The molecule has 2 bridgehead atoms. The highest BCUT2D eigenvalue weighted by molar-refractivity contribution is 6.28. The maximum Gasteiger partial charge on any atom is 0.334 e. The lowest BCUT2D eigenvalue weighted by atomic mass is 9.43. The van der Waals surface area contributed by atoms with Crippen LogP contribution in [0.1, 0.15) is 47.5 Å². The maximum atomic E-state index is 14.6. The summed E-state index contributed by atoms with van der Waals surface area (Å²) in [7, 11) is 0. The first kappa shape index (κ1) is 30.6. The van der Waals surface area contributed by atoms with Crippen LogP contribution in [0.15, 0.2) is 59.7 Å². The Hall–Kier alpha value is -4.47. The Labute approximate surface area is 262 Å². The average molecular weight is 615 g/mol. The molecule has 2 aromatic rings. The quantitative estimate of drug-likeness (QED) is 0.279. The third-order valence-electron chi connectivity index (χ3n) is 9.82. The van der Waals surface area contributed by atoms with Crippen molar-refractivity contribution in [1.29, 1.82) is 0 Å². The van der Waals surface area contributed by atoms with Gasteiger partial charge in [-0.1, -0.05) is 50.6 Å². The standard InChI is InChI=1S/C35H38N2O8/c1-6-17-44-22-15-11-9-13-20(22)36-30(38)25-24-19(4)27(34(42)43-8-3)35(5,28(25)32(36)40)29-26(24)31(39)37(33(29)41)21-14-10-12-16-23(21)45-18-7-2/h9-16,24-26,28-29H,6-8,17-18H2,1-5H3/t24?,25-,26+,28-,29+,35?. The molecule has 2 unspecified atom stereocenters. The van der Waals surface area contributed by atoms with E-state index in [2.05, 4.69) is 0 Å². The minimum absolute atomic E-state index is 0.0842. The van der Waals surface area contributed by atoms with E-state index in [9.17, 15) is 24.0 Å². The summed E-state index contributed by atoms with van der Waals surface area (Å²) in [6.45, 7) is 9.85. The first-order valence-electron chi connectivity index (χ1n) is 15.7. The number of benzene rings is 2. The van der Waals surface area contributed by atoms with E-state index in [-0.39, 0.29) is 12.2 Å². The summed E-state index contributed by atoms with van der Waals surface area (Å²) >= 11 is 0. The number of para-hydroxylation sites is 4. The highest BCUT2D eigenvalue weighted by atomic mass is 16.5. The zero-order valence-electron chi connectivity index (χ0n) is 26.2. The molecule has 5 aliphatic rings. The van der Waals surface area contributed by atoms with Gasteiger partial charge < -0.3 is 14.2 Å². The van der Waals surface area contributed by atoms with Crippen molar-refractivity contribution in [1.82, 2.24) is 0 Å². The summed E-state index contributed by atoms with van der Waals surface area (Å²) in [4.78, 5) is 73.9. The Bertz CT molecular complexity index is 1530. The zero-order valence-corrected chi connectivity index (χ0v) is 26.2. The number of ether oxygens (including phenoxy) is 3. The van der Waals surface area contributed by atoms with Gasteiger partial charge in [0.25, 0.3) is 0 Å². The van der Waals surface area contributed by atoms with E-state index in [0.717, 1.165) is 22.6 Å². The largest absolute Gasteiger partial charge is 0.491 e. The third-order valence-corrected chi connectivity index (χ3v) is 9.82. The van der Waals surface area contributed by atoms with Crippen LogP contribution in [0, 0.1) is 35.0 Å². The van der Waals surface area contributed by atoms with Crippen LogP contribution >= 0.6 is 0 Å². The lowest BCUT2D eigenvalue weighted by molar-refractivity contribution is -0.155. The smallest absolute Gasteiger partial charge is 0.334 e. The van der Waals surface area contributed by atoms with Crippen LogP contribution in [0.4, 0.5) is 11.4 Å². The van der Waals surface area contributed by atoms with E-state index in [1.807, 2.05) is 13.8 Å². The molecular weight excluding hydrogens is 576 g/mol. The molecule has 3 aliphatic carbocycles. The predicted octanol–water partition coefficient (Wildman–Crippen LogP) is 4.70. The van der Waals surface area contributed by atoms with Crippen LogP contribution in [0.2, 0.25) is 0 Å². The van der Waals surface area contributed by atoms with Gasteiger partial charge in [0.15, 0.2) is 0 Å². The fraction of sp³-hybridized carbons (Fsp3) is 0.457. The van der Waals surface area contributed by atoms with E-state index in [1.54, 1.807) is 69.3 Å². The lowest BCUT2D eigenvalue weighted by Gasteiger charge is -2.55. The van der Waals surface area contributed by atoms with E-state index >= 15 is 0 Å². The Morgan fingerprint density at radius 2 is 1.16 bits per heavy atom. The molecule has 2 aliphatic heterocycles. The molecule has 0 spiro atoms. The highest BCUT2D eigenvalue weighted by Gasteiger charge is 2.77. The monoisotopic (exact) mass is 614 g/mol. The summed E-state index contributed by atoms with van der Waals surface area (Å²) in [6.07, 6.45) is 1.45. The van der Waals surface area contributed by atoms with Gasteiger partial charge in [-0.05, 0) is 51.0 Å². The minimum atomic E-state index is -1.50. The lowest BCUT2D eigenvalue weighted by Crippen LogP contribution is -2.61. The molecule has 1 saturated carbocycles. The number of amides is 4. The van der Waals surface area contributed by atoms with Crippen molar-refractivity contribution in [3.63, 3.8) is 0 Å². The molecule has 7 rings (SSSR count). The van der Waals surface area contributed by atoms with Crippen LogP contribution in [-0.4, -0.2) is 49.4 Å². The second kappa shape index (κ2) is 11.5. The predicted molar refractivity (Wildman–Crippen MR) is 164 cm³/mol. The average Bonchev–Trinajstić information content (AvgIpc) is 3.45. The molecule has 0 radical (unpaired) electrons. The molecule has 10 heteroatoms. The molecule has 0 aromatic heterocycles. The van der Waals surface area contributed by atoms with Crippen LogP contribution in [-0.2, 0) is 28.7 Å². The van der Waals surface area contributed by atoms with Crippen molar-refractivity contribution in [2.75, 3.05) is 29.6 Å². The molecule has 2 aromatic carbocycles. The Morgan fingerprint density at radius 3 is 1.58 bits per heavy atom. The number of esters is 1. The molecule has 3 fully saturated rings. The first-order chi connectivity index (χ1) is 21.6. The number of carbonyl (C=O) groups excluding carboxylic acids is 5. The second-order valence-corrected chi connectivity index (χ2v) is 12.3. The van der Waals surface area contributed by atoms with E-state index in [1.165, 1.54) is 0 Å². The summed E-state index contributed by atoms with van der Waals surface area (Å²) in [5.41, 5.74) is -0.174. The first-order valence-corrected chi connectivity index (χ1v) is 15.7. The molecule has 6 atom stereocenters. The van der Waals surface area contributed by atoms with E-state index in [4.69, 9.17) is 14.2 Å². The van der Waals surface area contributed by atoms with Crippen molar-refractivity contribution in [3.05, 3.63) is 59.7 Å². The second-order valence-electron chi connectivity index (χ2n) is 12.3. The van der Waals surface area contributed by atoms with Crippen molar-refractivity contribution in [2.24, 2.45) is 35.0 Å². The Balaban J connectivity index is 1.51. The summed E-state index contributed by atoms with van der Waals surface area (Å²) in [5, 5.41) is 0. The van der Waals surface area contributed by atoms with Crippen LogP contribution < -0.4 is 19.3 Å². The van der Waals surface area contributed by atoms with Crippen LogP contribution in [0.5, 0.6) is 11.5 Å². The van der Waals surface area contributed by atoms with Gasteiger partial charge in [-0.15, -0.1) is 0 Å². The number of hydrogen-bond donors (Lipinski definition) is 0. The van der Waals surface area contributed by atoms with Gasteiger partial charge in [0.1, 0.15) is 11.5 Å². The third kappa shape index (κ3) is 4.24. The molecule has 236 valence electrons. The molecule has 45 heavy (non-hydrogen) atoms. The molecule has 2 heterocycles. The van der Waals surface area contributed by atoms with Gasteiger partial charge >= 0.3 is 5.97 Å². The SMILES string of the molecule is CCCOc1ccccc1N1C(=O)[C@@H]2[C@@H](C1=O)C1C(C)=C(C(=O)OCC)C2(C)[C@H]2C(=O)N(c3ccccc3OCCC)C(=O)[C@H]12. The highest BCUT2D eigenvalue weighted by Crippen LogP contribution is 2.69. The molecule has 2 saturated heterocycles. The number of imide groups is 2. The number of carbonyl (C=O) groups is 5. The van der Waals surface area contributed by atoms with Crippen molar-refractivity contribution >= 4 is 41.0 Å². The van der Waals surface area contributed by atoms with Crippen molar-refractivity contribution in [2.45, 2.75) is 47.5 Å². The minimum Gasteiger partial charge on any atom is -0.491 e. The summed E-state index contributed by atoms with van der Waals surface area (Å²) in [6, 6.07) is 13.7. The molecule has 10 nitrogen and oxygen atoms in total. The Kier molecular flexibility index (Phi) is 7.79.